The lowest BCUT2D eigenvalue weighted by Crippen LogP contribution is -1.99. The second-order valence-electron chi connectivity index (χ2n) is 4.20. The molecule has 0 unspecified atom stereocenters. The SMILES string of the molecule is Cc1ncc(Oc2ccc(CC(=O)O)cc2)nc1C. The fourth-order valence-electron chi connectivity index (χ4n) is 1.54. The Bertz CT molecular complexity index is 594. The maximum Gasteiger partial charge on any atom is 0.307 e. The number of aryl methyl sites for hydroxylation is 2. The number of aliphatic carboxylic acids is 1. The second kappa shape index (κ2) is 5.48. The molecule has 19 heavy (non-hydrogen) atoms. The van der Waals surface area contributed by atoms with E-state index in [0.29, 0.717) is 11.6 Å². The van der Waals surface area contributed by atoms with Crippen molar-refractivity contribution in [1.29, 1.82) is 0 Å². The first kappa shape index (κ1) is 13.0. The van der Waals surface area contributed by atoms with E-state index in [9.17, 15) is 4.79 Å². The molecule has 0 bridgehead atoms. The van der Waals surface area contributed by atoms with Crippen LogP contribution in [0.15, 0.2) is 30.5 Å². The van der Waals surface area contributed by atoms with Gasteiger partial charge in [0.1, 0.15) is 5.75 Å². The summed E-state index contributed by atoms with van der Waals surface area (Å²) in [7, 11) is 0. The van der Waals surface area contributed by atoms with Gasteiger partial charge in [0.2, 0.25) is 5.88 Å². The van der Waals surface area contributed by atoms with Gasteiger partial charge < -0.3 is 9.84 Å². The fourth-order valence-corrected chi connectivity index (χ4v) is 1.54. The second-order valence-corrected chi connectivity index (χ2v) is 4.20. The number of rotatable bonds is 4. The molecule has 0 saturated carbocycles. The Morgan fingerprint density at radius 3 is 2.47 bits per heavy atom. The lowest BCUT2D eigenvalue weighted by Gasteiger charge is -2.06. The van der Waals surface area contributed by atoms with Gasteiger partial charge in [-0.1, -0.05) is 12.1 Å². The monoisotopic (exact) mass is 258 g/mol. The van der Waals surface area contributed by atoms with Crippen molar-refractivity contribution in [3.8, 4) is 11.6 Å². The zero-order valence-electron chi connectivity index (χ0n) is 10.8. The van der Waals surface area contributed by atoms with Crippen molar-refractivity contribution in [1.82, 2.24) is 9.97 Å². The number of nitrogens with zero attached hydrogens (tertiary/aromatic N) is 2. The van der Waals surface area contributed by atoms with E-state index in [-0.39, 0.29) is 6.42 Å². The summed E-state index contributed by atoms with van der Waals surface area (Å²) in [5.41, 5.74) is 2.41. The van der Waals surface area contributed by atoms with Gasteiger partial charge in [0, 0.05) is 0 Å². The molecule has 1 aromatic heterocycles. The van der Waals surface area contributed by atoms with E-state index in [4.69, 9.17) is 9.84 Å². The highest BCUT2D eigenvalue weighted by Gasteiger charge is 2.04. The van der Waals surface area contributed by atoms with Crippen LogP contribution in [0.2, 0.25) is 0 Å². The van der Waals surface area contributed by atoms with E-state index in [1.54, 1.807) is 30.5 Å². The highest BCUT2D eigenvalue weighted by molar-refractivity contribution is 5.70. The Labute approximate surface area is 110 Å². The van der Waals surface area contributed by atoms with Crippen LogP contribution in [0.3, 0.4) is 0 Å². The highest BCUT2D eigenvalue weighted by Crippen LogP contribution is 2.20. The molecule has 2 aromatic rings. The van der Waals surface area contributed by atoms with Gasteiger partial charge in [-0.15, -0.1) is 0 Å². The number of hydrogen-bond donors (Lipinski definition) is 1. The maximum atomic E-state index is 10.6. The maximum absolute atomic E-state index is 10.6. The molecule has 0 radical (unpaired) electrons. The number of carboxylic acids is 1. The zero-order valence-corrected chi connectivity index (χ0v) is 10.8. The van der Waals surface area contributed by atoms with E-state index in [1.165, 1.54) is 0 Å². The molecule has 2 rings (SSSR count). The van der Waals surface area contributed by atoms with Crippen LogP contribution in [0.5, 0.6) is 11.6 Å². The van der Waals surface area contributed by atoms with Crippen LogP contribution in [-0.2, 0) is 11.2 Å². The van der Waals surface area contributed by atoms with Gasteiger partial charge in [0.15, 0.2) is 0 Å². The normalized spacial score (nSPS) is 10.2. The minimum atomic E-state index is -0.853. The first-order valence-corrected chi connectivity index (χ1v) is 5.83. The van der Waals surface area contributed by atoms with Gasteiger partial charge in [0.25, 0.3) is 0 Å². The Kier molecular flexibility index (Phi) is 3.75. The first-order chi connectivity index (χ1) is 9.04. The molecule has 5 nitrogen and oxygen atoms in total. The number of ether oxygens (including phenoxy) is 1. The zero-order chi connectivity index (χ0) is 13.8. The molecule has 0 spiro atoms. The van der Waals surface area contributed by atoms with Crippen molar-refractivity contribution in [2.24, 2.45) is 0 Å². The number of hydrogen-bond acceptors (Lipinski definition) is 4. The van der Waals surface area contributed by atoms with Crippen LogP contribution in [0.25, 0.3) is 0 Å². The van der Waals surface area contributed by atoms with Crippen LogP contribution in [0.4, 0.5) is 0 Å². The van der Waals surface area contributed by atoms with Crippen LogP contribution >= 0.6 is 0 Å². The van der Waals surface area contributed by atoms with E-state index >= 15 is 0 Å². The lowest BCUT2D eigenvalue weighted by atomic mass is 10.1. The molecule has 0 amide bonds. The molecule has 0 aliphatic rings. The molecule has 0 aliphatic carbocycles. The smallest absolute Gasteiger partial charge is 0.307 e. The standard InChI is InChI=1S/C14H14N2O3/c1-9-10(2)16-13(8-15-9)19-12-5-3-11(4-6-12)7-14(17)18/h3-6,8H,7H2,1-2H3,(H,17,18). The average molecular weight is 258 g/mol. The number of aromatic nitrogens is 2. The predicted octanol–water partition coefficient (Wildman–Crippen LogP) is 2.51. The first-order valence-electron chi connectivity index (χ1n) is 5.83. The van der Waals surface area contributed by atoms with Crippen molar-refractivity contribution in [3.63, 3.8) is 0 Å². The molecular weight excluding hydrogens is 244 g/mol. The van der Waals surface area contributed by atoms with E-state index in [0.717, 1.165) is 17.0 Å². The minimum absolute atomic E-state index is 0.00370. The molecule has 0 saturated heterocycles. The van der Waals surface area contributed by atoms with Crippen molar-refractivity contribution >= 4 is 5.97 Å². The average Bonchev–Trinajstić information content (AvgIpc) is 2.36. The lowest BCUT2D eigenvalue weighted by molar-refractivity contribution is -0.136. The summed E-state index contributed by atoms with van der Waals surface area (Å²) in [6.07, 6.45) is 1.57. The number of carboxylic acid groups (broad SMARTS) is 1. The van der Waals surface area contributed by atoms with Crippen molar-refractivity contribution in [2.75, 3.05) is 0 Å². The molecule has 0 atom stereocenters. The third-order valence-corrected chi connectivity index (χ3v) is 2.67. The number of carbonyl (C=O) groups is 1. The molecule has 98 valence electrons. The van der Waals surface area contributed by atoms with Gasteiger partial charge in [-0.2, -0.15) is 0 Å². The van der Waals surface area contributed by atoms with Crippen LogP contribution in [0, 0.1) is 13.8 Å². The summed E-state index contributed by atoms with van der Waals surface area (Å²) in [6, 6.07) is 6.88. The molecule has 0 aliphatic heterocycles. The van der Waals surface area contributed by atoms with Crippen LogP contribution in [0.1, 0.15) is 17.0 Å². The van der Waals surface area contributed by atoms with Gasteiger partial charge >= 0.3 is 5.97 Å². The summed E-state index contributed by atoms with van der Waals surface area (Å²) in [4.78, 5) is 19.0. The van der Waals surface area contributed by atoms with Crippen molar-refractivity contribution in [3.05, 3.63) is 47.4 Å². The van der Waals surface area contributed by atoms with Crippen LogP contribution < -0.4 is 4.74 Å². The topological polar surface area (TPSA) is 72.3 Å². The molecule has 5 heteroatoms. The van der Waals surface area contributed by atoms with Gasteiger partial charge in [-0.05, 0) is 31.5 Å². The third-order valence-electron chi connectivity index (χ3n) is 2.67. The van der Waals surface area contributed by atoms with Crippen molar-refractivity contribution in [2.45, 2.75) is 20.3 Å². The summed E-state index contributed by atoms with van der Waals surface area (Å²) >= 11 is 0. The summed E-state index contributed by atoms with van der Waals surface area (Å²) in [5, 5.41) is 8.68. The Morgan fingerprint density at radius 2 is 1.89 bits per heavy atom. The minimum Gasteiger partial charge on any atom is -0.481 e. The van der Waals surface area contributed by atoms with Crippen LogP contribution in [-0.4, -0.2) is 21.0 Å². The fraction of sp³-hybridized carbons (Fsp3) is 0.214. The summed E-state index contributed by atoms with van der Waals surface area (Å²) in [6.45, 7) is 3.75. The molecule has 0 fully saturated rings. The summed E-state index contributed by atoms with van der Waals surface area (Å²) in [5.74, 6) is 0.175. The summed E-state index contributed by atoms with van der Waals surface area (Å²) < 4.78 is 5.55. The third kappa shape index (κ3) is 3.51. The van der Waals surface area contributed by atoms with Gasteiger partial charge in [-0.25, -0.2) is 4.98 Å². The Hall–Kier alpha value is -2.43. The Morgan fingerprint density at radius 1 is 1.21 bits per heavy atom. The van der Waals surface area contributed by atoms with E-state index in [1.807, 2.05) is 13.8 Å². The largest absolute Gasteiger partial charge is 0.481 e. The highest BCUT2D eigenvalue weighted by atomic mass is 16.5. The van der Waals surface area contributed by atoms with Crippen molar-refractivity contribution < 1.29 is 14.6 Å². The van der Waals surface area contributed by atoms with Gasteiger partial charge in [0.05, 0.1) is 24.0 Å². The molecule has 1 aromatic carbocycles. The molecule has 1 heterocycles. The predicted molar refractivity (Wildman–Crippen MR) is 69.4 cm³/mol. The van der Waals surface area contributed by atoms with Gasteiger partial charge in [-0.3, -0.25) is 9.78 Å². The Balaban J connectivity index is 2.10. The molecular formula is C14H14N2O3. The quantitative estimate of drug-likeness (QED) is 0.912. The van der Waals surface area contributed by atoms with E-state index in [2.05, 4.69) is 9.97 Å². The molecule has 1 N–H and O–H groups in total. The number of benzene rings is 1. The van der Waals surface area contributed by atoms with E-state index < -0.39 is 5.97 Å².